The van der Waals surface area contributed by atoms with Crippen molar-refractivity contribution in [2.75, 3.05) is 11.9 Å². The number of nitrogens with zero attached hydrogens (tertiary/aromatic N) is 2. The predicted octanol–water partition coefficient (Wildman–Crippen LogP) is 3.42. The zero-order valence-corrected chi connectivity index (χ0v) is 15.5. The van der Waals surface area contributed by atoms with Crippen LogP contribution in [-0.4, -0.2) is 33.7 Å². The number of thioether (sulfide) groups is 1. The minimum absolute atomic E-state index is 0.139. The maximum atomic E-state index is 12.2. The fraction of sp³-hybridized carbons (Fsp3) is 0.333. The molecule has 0 aromatic carbocycles. The predicted molar refractivity (Wildman–Crippen MR) is 95.6 cm³/mol. The molecule has 9 heteroatoms. The third kappa shape index (κ3) is 5.77. The van der Waals surface area contributed by atoms with Crippen molar-refractivity contribution in [3.63, 3.8) is 0 Å². The van der Waals surface area contributed by atoms with E-state index in [4.69, 9.17) is 16.3 Å². The van der Waals surface area contributed by atoms with Crippen molar-refractivity contribution in [1.82, 2.24) is 9.97 Å². The van der Waals surface area contributed by atoms with Gasteiger partial charge in [0.05, 0.1) is 29.0 Å². The molecule has 0 saturated carbocycles. The zero-order valence-electron chi connectivity index (χ0n) is 13.1. The fourth-order valence-corrected chi connectivity index (χ4v) is 3.76. The van der Waals surface area contributed by atoms with Crippen molar-refractivity contribution in [1.29, 1.82) is 0 Å². The van der Waals surface area contributed by atoms with Gasteiger partial charge in [0.2, 0.25) is 5.91 Å². The Morgan fingerprint density at radius 2 is 2.25 bits per heavy atom. The van der Waals surface area contributed by atoms with Crippen LogP contribution in [0.1, 0.15) is 19.5 Å². The Bertz CT molecular complexity index is 706. The highest BCUT2D eigenvalue weighted by Gasteiger charge is 2.17. The van der Waals surface area contributed by atoms with Crippen LogP contribution in [0.4, 0.5) is 5.82 Å². The number of nitrogens with one attached hydrogen (secondary N) is 1. The first-order valence-electron chi connectivity index (χ1n) is 7.17. The largest absolute Gasteiger partial charge is 0.466 e. The van der Waals surface area contributed by atoms with E-state index in [-0.39, 0.29) is 23.5 Å². The molecule has 6 nitrogen and oxygen atoms in total. The SMILES string of the molecule is CCOC(=O)Cc1csc(SC(C)C(=O)Nc2ccc(Cl)cn2)n1. The van der Waals surface area contributed by atoms with Gasteiger partial charge in [0.1, 0.15) is 5.82 Å². The quantitative estimate of drug-likeness (QED) is 0.581. The molecule has 24 heavy (non-hydrogen) atoms. The summed E-state index contributed by atoms with van der Waals surface area (Å²) in [5.74, 6) is -0.0464. The van der Waals surface area contributed by atoms with Gasteiger partial charge in [-0.25, -0.2) is 9.97 Å². The minimum Gasteiger partial charge on any atom is -0.466 e. The number of thiazole rings is 1. The third-order valence-corrected chi connectivity index (χ3v) is 5.13. The molecule has 1 amide bonds. The van der Waals surface area contributed by atoms with Crippen LogP contribution < -0.4 is 5.32 Å². The summed E-state index contributed by atoms with van der Waals surface area (Å²) in [5, 5.41) is 4.66. The first kappa shape index (κ1) is 18.7. The summed E-state index contributed by atoms with van der Waals surface area (Å²) in [5.41, 5.74) is 0.646. The zero-order chi connectivity index (χ0) is 17.5. The van der Waals surface area contributed by atoms with Gasteiger partial charge in [-0.3, -0.25) is 9.59 Å². The number of amides is 1. The van der Waals surface area contributed by atoms with Crippen LogP contribution in [0.3, 0.4) is 0 Å². The summed E-state index contributed by atoms with van der Waals surface area (Å²) in [6.07, 6.45) is 1.61. The lowest BCUT2D eigenvalue weighted by molar-refractivity contribution is -0.142. The van der Waals surface area contributed by atoms with Gasteiger partial charge >= 0.3 is 5.97 Å². The average Bonchev–Trinajstić information content (AvgIpc) is 2.96. The smallest absolute Gasteiger partial charge is 0.311 e. The molecule has 0 saturated heterocycles. The highest BCUT2D eigenvalue weighted by atomic mass is 35.5. The van der Waals surface area contributed by atoms with E-state index in [1.807, 2.05) is 0 Å². The summed E-state index contributed by atoms with van der Waals surface area (Å²) in [7, 11) is 0. The van der Waals surface area contributed by atoms with Crippen LogP contribution in [0.25, 0.3) is 0 Å². The van der Waals surface area contributed by atoms with E-state index in [9.17, 15) is 9.59 Å². The van der Waals surface area contributed by atoms with Gasteiger partial charge in [-0.15, -0.1) is 11.3 Å². The molecule has 0 aliphatic heterocycles. The Morgan fingerprint density at radius 1 is 1.46 bits per heavy atom. The van der Waals surface area contributed by atoms with Gasteiger partial charge < -0.3 is 10.1 Å². The Kier molecular flexibility index (Phi) is 7.01. The highest BCUT2D eigenvalue weighted by Crippen LogP contribution is 2.27. The number of carbonyl (C=O) groups excluding carboxylic acids is 2. The number of ether oxygens (including phenoxy) is 1. The number of hydrogen-bond acceptors (Lipinski definition) is 7. The maximum absolute atomic E-state index is 12.2. The molecule has 0 bridgehead atoms. The first-order valence-corrected chi connectivity index (χ1v) is 9.30. The lowest BCUT2D eigenvalue weighted by Gasteiger charge is -2.09. The van der Waals surface area contributed by atoms with E-state index in [1.54, 1.807) is 31.4 Å². The molecule has 0 aliphatic rings. The molecule has 128 valence electrons. The van der Waals surface area contributed by atoms with Gasteiger partial charge in [-0.1, -0.05) is 23.4 Å². The summed E-state index contributed by atoms with van der Waals surface area (Å²) >= 11 is 8.48. The standard InChI is InChI=1S/C15H16ClN3O3S2/c1-3-22-13(20)6-11-8-23-15(18-11)24-9(2)14(21)19-12-5-4-10(16)7-17-12/h4-5,7-9H,3,6H2,1-2H3,(H,17,19,21). The van der Waals surface area contributed by atoms with Gasteiger partial charge in [0.25, 0.3) is 0 Å². The van der Waals surface area contributed by atoms with Crippen molar-refractivity contribution in [3.8, 4) is 0 Å². The highest BCUT2D eigenvalue weighted by molar-refractivity contribution is 8.02. The van der Waals surface area contributed by atoms with Crippen molar-refractivity contribution in [3.05, 3.63) is 34.4 Å². The number of rotatable bonds is 7. The molecule has 1 unspecified atom stereocenters. The van der Waals surface area contributed by atoms with Crippen molar-refractivity contribution in [2.24, 2.45) is 0 Å². The fourth-order valence-electron chi connectivity index (χ4n) is 1.67. The lowest BCUT2D eigenvalue weighted by Crippen LogP contribution is -2.22. The van der Waals surface area contributed by atoms with Gasteiger partial charge in [-0.2, -0.15) is 0 Å². The van der Waals surface area contributed by atoms with E-state index in [0.717, 1.165) is 4.34 Å². The average molecular weight is 386 g/mol. The first-order chi connectivity index (χ1) is 11.5. The Balaban J connectivity index is 1.88. The molecular formula is C15H16ClN3O3S2. The van der Waals surface area contributed by atoms with Crippen LogP contribution >= 0.6 is 34.7 Å². The van der Waals surface area contributed by atoms with Crippen LogP contribution in [0.15, 0.2) is 28.0 Å². The van der Waals surface area contributed by atoms with Gasteiger partial charge in [0, 0.05) is 11.6 Å². The Labute approximate surface area is 153 Å². The lowest BCUT2D eigenvalue weighted by atomic mass is 10.3. The minimum atomic E-state index is -0.357. The summed E-state index contributed by atoms with van der Waals surface area (Å²) in [6, 6.07) is 3.29. The number of hydrogen-bond donors (Lipinski definition) is 1. The Hall–Kier alpha value is -1.64. The van der Waals surface area contributed by atoms with E-state index >= 15 is 0 Å². The van der Waals surface area contributed by atoms with E-state index in [0.29, 0.717) is 23.1 Å². The van der Waals surface area contributed by atoms with Crippen molar-refractivity contribution >= 4 is 52.4 Å². The monoisotopic (exact) mass is 385 g/mol. The van der Waals surface area contributed by atoms with Gasteiger partial charge in [-0.05, 0) is 26.0 Å². The molecule has 1 N–H and O–H groups in total. The number of esters is 1. The van der Waals surface area contributed by atoms with Crippen LogP contribution in [0.5, 0.6) is 0 Å². The van der Waals surface area contributed by atoms with E-state index in [2.05, 4.69) is 15.3 Å². The molecule has 0 fully saturated rings. The molecule has 2 heterocycles. The van der Waals surface area contributed by atoms with Crippen molar-refractivity contribution in [2.45, 2.75) is 29.9 Å². The normalized spacial score (nSPS) is 11.8. The van der Waals surface area contributed by atoms with E-state index in [1.165, 1.54) is 29.3 Å². The Morgan fingerprint density at radius 3 is 2.92 bits per heavy atom. The second-order valence-corrected chi connectivity index (χ2v) is 7.58. The number of carbonyl (C=O) groups is 2. The van der Waals surface area contributed by atoms with Crippen LogP contribution in [-0.2, 0) is 20.7 Å². The molecular weight excluding hydrogens is 370 g/mol. The molecule has 2 rings (SSSR count). The molecule has 0 spiro atoms. The molecule has 2 aromatic rings. The molecule has 0 radical (unpaired) electrons. The number of pyridine rings is 1. The van der Waals surface area contributed by atoms with Gasteiger partial charge in [0.15, 0.2) is 4.34 Å². The maximum Gasteiger partial charge on any atom is 0.311 e. The summed E-state index contributed by atoms with van der Waals surface area (Å²) in [6.45, 7) is 3.89. The molecule has 1 atom stereocenters. The van der Waals surface area contributed by atoms with Crippen LogP contribution in [0, 0.1) is 0 Å². The molecule has 2 aromatic heterocycles. The number of halogens is 1. The third-order valence-electron chi connectivity index (χ3n) is 2.79. The molecule has 0 aliphatic carbocycles. The van der Waals surface area contributed by atoms with Crippen LogP contribution in [0.2, 0.25) is 5.02 Å². The summed E-state index contributed by atoms with van der Waals surface area (Å²) < 4.78 is 5.61. The number of aromatic nitrogens is 2. The topological polar surface area (TPSA) is 81.2 Å². The second-order valence-electron chi connectivity index (χ2n) is 4.70. The second kappa shape index (κ2) is 9.00. The number of anilines is 1. The van der Waals surface area contributed by atoms with Crippen molar-refractivity contribution < 1.29 is 14.3 Å². The van der Waals surface area contributed by atoms with E-state index < -0.39 is 0 Å². The summed E-state index contributed by atoms with van der Waals surface area (Å²) in [4.78, 5) is 32.0.